The van der Waals surface area contributed by atoms with Crippen molar-refractivity contribution < 1.29 is 66.4 Å². The van der Waals surface area contributed by atoms with Gasteiger partial charge in [-0.15, -0.1) is 11.6 Å². The molecule has 0 aromatic heterocycles. The minimum atomic E-state index is -1.41. The van der Waals surface area contributed by atoms with E-state index in [1.165, 1.54) is 17.7 Å². The summed E-state index contributed by atoms with van der Waals surface area (Å²) in [4.78, 5) is 10.8. The Morgan fingerprint density at radius 3 is 2.57 bits per heavy atom. The number of carbonyl (C=O) groups is 1. The van der Waals surface area contributed by atoms with Gasteiger partial charge in [-0.1, -0.05) is 30.3 Å². The fourth-order valence-corrected chi connectivity index (χ4v) is 2.29. The molecule has 0 aliphatic carbocycles. The van der Waals surface area contributed by atoms with Gasteiger partial charge in [-0.05, 0) is 36.6 Å². The van der Waals surface area contributed by atoms with Gasteiger partial charge in [-0.25, -0.2) is 0 Å². The minimum absolute atomic E-state index is 0. The Morgan fingerprint density at radius 1 is 1.22 bits per heavy atom. The molecule has 2 rings (SSSR count). The summed E-state index contributed by atoms with van der Waals surface area (Å²) in [5.74, 6) is -1.72. The summed E-state index contributed by atoms with van der Waals surface area (Å²) in [5, 5.41) is 23.3. The average molecular weight is 358 g/mol. The van der Waals surface area contributed by atoms with Crippen molar-refractivity contribution in [2.24, 2.45) is 0 Å². The first-order valence-corrected chi connectivity index (χ1v) is 7.46. The van der Waals surface area contributed by atoms with Gasteiger partial charge in [0.25, 0.3) is 0 Å². The Bertz CT molecular complexity index is 637. The summed E-state index contributed by atoms with van der Waals surface area (Å²) in [7, 11) is 0. The first-order valence-electron chi connectivity index (χ1n) is 7.02. The van der Waals surface area contributed by atoms with Crippen LogP contribution in [0.25, 0.3) is 0 Å². The van der Waals surface area contributed by atoms with E-state index < -0.39 is 5.97 Å². The molecule has 0 heterocycles. The normalized spacial score (nSPS) is 11.3. The van der Waals surface area contributed by atoms with Crippen LogP contribution in [0.1, 0.15) is 22.3 Å². The maximum Gasteiger partial charge on any atom is 1.00 e. The van der Waals surface area contributed by atoms with Crippen molar-refractivity contribution >= 4 is 23.3 Å². The number of benzene rings is 2. The van der Waals surface area contributed by atoms with Gasteiger partial charge in [0.1, 0.15) is 5.75 Å². The number of carbonyl (C=O) groups excluding carboxylic acids is 1. The Labute approximate surface area is 183 Å². The molecule has 0 saturated carbocycles. The van der Waals surface area contributed by atoms with Crippen LogP contribution in [0.5, 0.6) is 5.75 Å². The first kappa shape index (κ1) is 20.5. The average Bonchev–Trinajstić information content (AvgIpc) is 2.53. The third kappa shape index (κ3) is 6.83. The van der Waals surface area contributed by atoms with Gasteiger partial charge >= 0.3 is 51.4 Å². The Morgan fingerprint density at radius 2 is 1.91 bits per heavy atom. The summed E-state index contributed by atoms with van der Waals surface area (Å²) in [6.45, 7) is 0.506. The number of anilines is 1. The van der Waals surface area contributed by atoms with Crippen LogP contribution in [-0.2, 0) is 6.42 Å². The third-order valence-corrected chi connectivity index (χ3v) is 3.71. The predicted octanol–water partition coefficient (Wildman–Crippen LogP) is -0.588. The molecule has 4 nitrogen and oxygen atoms in total. The second kappa shape index (κ2) is 10.3. The molecule has 0 fully saturated rings. The standard InChI is InChI=1S/C17H18ClNO3.K/c18-13(7-6-12-4-2-1-3-5-12)11-19-14-8-9-16(20)15(10-14)17(21)22;/h1-5,8-10,13,19-20H,6-7,11H2,(H,21,22);/q;+1/p-1. The van der Waals surface area contributed by atoms with Crippen molar-refractivity contribution in [1.29, 1.82) is 0 Å². The van der Waals surface area contributed by atoms with Crippen LogP contribution in [0, 0.1) is 0 Å². The van der Waals surface area contributed by atoms with Crippen molar-refractivity contribution in [3.63, 3.8) is 0 Å². The second-order valence-corrected chi connectivity index (χ2v) is 5.64. The Hall–Kier alpha value is -0.564. The zero-order valence-corrected chi connectivity index (χ0v) is 16.8. The van der Waals surface area contributed by atoms with Crippen LogP contribution in [0.3, 0.4) is 0 Å². The van der Waals surface area contributed by atoms with Crippen LogP contribution in [0.4, 0.5) is 5.69 Å². The van der Waals surface area contributed by atoms with Crippen molar-refractivity contribution in [1.82, 2.24) is 0 Å². The molecular weight excluding hydrogens is 341 g/mol. The number of carboxylic acid groups (broad SMARTS) is 1. The molecule has 0 amide bonds. The molecule has 0 radical (unpaired) electrons. The van der Waals surface area contributed by atoms with E-state index in [4.69, 9.17) is 11.6 Å². The predicted molar refractivity (Wildman–Crippen MR) is 85.3 cm³/mol. The molecule has 2 aromatic rings. The van der Waals surface area contributed by atoms with Crippen LogP contribution >= 0.6 is 11.6 Å². The van der Waals surface area contributed by atoms with Crippen LogP contribution in [-0.4, -0.2) is 23.0 Å². The fourth-order valence-electron chi connectivity index (χ4n) is 2.11. The number of rotatable bonds is 7. The number of halogens is 1. The zero-order chi connectivity index (χ0) is 15.9. The number of hydrogen-bond acceptors (Lipinski definition) is 4. The molecule has 1 atom stereocenters. The number of aromatic hydroxyl groups is 1. The number of aryl methyl sites for hydroxylation is 1. The summed E-state index contributed by atoms with van der Waals surface area (Å²) < 4.78 is 0. The molecule has 2 aromatic carbocycles. The molecule has 116 valence electrons. The number of phenols is 1. The summed E-state index contributed by atoms with van der Waals surface area (Å²) >= 11 is 6.27. The van der Waals surface area contributed by atoms with Gasteiger partial charge in [0.15, 0.2) is 0 Å². The van der Waals surface area contributed by atoms with Crippen molar-refractivity contribution in [3.05, 3.63) is 59.7 Å². The monoisotopic (exact) mass is 357 g/mol. The Balaban J connectivity index is 0.00000264. The largest absolute Gasteiger partial charge is 1.00 e. The number of hydrogen-bond donors (Lipinski definition) is 2. The van der Waals surface area contributed by atoms with Crippen molar-refractivity contribution in [2.45, 2.75) is 18.2 Å². The van der Waals surface area contributed by atoms with E-state index in [1.807, 2.05) is 18.2 Å². The maximum atomic E-state index is 10.8. The SMILES string of the molecule is O=C([O-])c1cc(NCC(Cl)CCc2ccccc2)ccc1O.[K+]. The van der Waals surface area contributed by atoms with Gasteiger partial charge in [0.2, 0.25) is 0 Å². The number of alkyl halides is 1. The van der Waals surface area contributed by atoms with Crippen molar-refractivity contribution in [3.8, 4) is 5.75 Å². The molecule has 6 heteroatoms. The van der Waals surface area contributed by atoms with E-state index >= 15 is 0 Å². The number of aromatic carboxylic acids is 1. The summed E-state index contributed by atoms with van der Waals surface area (Å²) in [5.41, 5.74) is 1.58. The molecule has 0 bridgehead atoms. The zero-order valence-electron chi connectivity index (χ0n) is 13.0. The van der Waals surface area contributed by atoms with Crippen LogP contribution in [0.15, 0.2) is 48.5 Å². The van der Waals surface area contributed by atoms with Crippen LogP contribution < -0.4 is 61.8 Å². The molecular formula is C17H17ClKNO3. The first-order chi connectivity index (χ1) is 10.6. The van der Waals surface area contributed by atoms with Gasteiger partial charge in [-0.3, -0.25) is 0 Å². The van der Waals surface area contributed by atoms with E-state index in [-0.39, 0.29) is 68.1 Å². The van der Waals surface area contributed by atoms with E-state index in [2.05, 4.69) is 17.4 Å². The summed E-state index contributed by atoms with van der Waals surface area (Å²) in [6.07, 6.45) is 1.69. The quantitative estimate of drug-likeness (QED) is 0.395. The van der Waals surface area contributed by atoms with Gasteiger partial charge in [0, 0.05) is 17.8 Å². The molecule has 1 unspecified atom stereocenters. The smallest absolute Gasteiger partial charge is 0.545 e. The molecule has 23 heavy (non-hydrogen) atoms. The fraction of sp³-hybridized carbons (Fsp3) is 0.235. The molecule has 0 aliphatic rings. The van der Waals surface area contributed by atoms with Gasteiger partial charge < -0.3 is 20.3 Å². The third-order valence-electron chi connectivity index (χ3n) is 3.33. The Kier molecular flexibility index (Phi) is 9.20. The minimum Gasteiger partial charge on any atom is -0.545 e. The van der Waals surface area contributed by atoms with Crippen molar-refractivity contribution in [2.75, 3.05) is 11.9 Å². The number of nitrogens with one attached hydrogen (secondary N) is 1. The van der Waals surface area contributed by atoms with E-state index in [0.29, 0.717) is 12.2 Å². The molecule has 0 saturated heterocycles. The van der Waals surface area contributed by atoms with E-state index in [0.717, 1.165) is 12.8 Å². The second-order valence-electron chi connectivity index (χ2n) is 5.02. The topological polar surface area (TPSA) is 72.4 Å². The van der Waals surface area contributed by atoms with Gasteiger partial charge in [0.05, 0.1) is 11.3 Å². The maximum absolute atomic E-state index is 10.8. The van der Waals surface area contributed by atoms with E-state index in [1.54, 1.807) is 6.07 Å². The van der Waals surface area contributed by atoms with Crippen LogP contribution in [0.2, 0.25) is 0 Å². The van der Waals surface area contributed by atoms with E-state index in [9.17, 15) is 15.0 Å². The molecule has 0 aliphatic heterocycles. The number of carboxylic acids is 1. The molecule has 2 N–H and O–H groups in total. The summed E-state index contributed by atoms with van der Waals surface area (Å²) in [6, 6.07) is 14.3. The van der Waals surface area contributed by atoms with Gasteiger partial charge in [-0.2, -0.15) is 0 Å². The molecule has 0 spiro atoms.